The van der Waals surface area contributed by atoms with E-state index in [1.807, 2.05) is 0 Å². The van der Waals surface area contributed by atoms with Crippen molar-refractivity contribution in [1.29, 1.82) is 0 Å². The van der Waals surface area contributed by atoms with Crippen molar-refractivity contribution in [1.82, 2.24) is 9.80 Å². The molecule has 0 aliphatic carbocycles. The van der Waals surface area contributed by atoms with Crippen LogP contribution in [0.25, 0.3) is 0 Å². The molecule has 3 nitrogen and oxygen atoms in total. The van der Waals surface area contributed by atoms with Crippen molar-refractivity contribution in [2.45, 2.75) is 45.2 Å². The fourth-order valence-corrected chi connectivity index (χ4v) is 3.40. The molecule has 17 heavy (non-hydrogen) atoms. The van der Waals surface area contributed by atoms with Crippen LogP contribution in [0.5, 0.6) is 0 Å². The molecule has 2 fully saturated rings. The van der Waals surface area contributed by atoms with Crippen molar-refractivity contribution >= 4 is 0 Å². The average molecular weight is 239 g/mol. The van der Waals surface area contributed by atoms with Gasteiger partial charge in [-0.1, -0.05) is 13.8 Å². The Morgan fingerprint density at radius 1 is 1.24 bits per heavy atom. The van der Waals surface area contributed by atoms with Crippen LogP contribution in [0.4, 0.5) is 0 Å². The van der Waals surface area contributed by atoms with Gasteiger partial charge in [0, 0.05) is 25.2 Å². The summed E-state index contributed by atoms with van der Waals surface area (Å²) in [7, 11) is 2.30. The predicted molar refractivity (Wildman–Crippen MR) is 73.0 cm³/mol. The molecule has 2 saturated heterocycles. The Bertz CT molecular complexity index is 242. The molecule has 2 N–H and O–H groups in total. The molecule has 2 aliphatic heterocycles. The number of nitrogens with zero attached hydrogens (tertiary/aromatic N) is 2. The molecule has 3 heteroatoms. The molecule has 3 unspecified atom stereocenters. The van der Waals surface area contributed by atoms with Gasteiger partial charge in [0.05, 0.1) is 0 Å². The van der Waals surface area contributed by atoms with Gasteiger partial charge in [0.25, 0.3) is 0 Å². The number of likely N-dealkylation sites (tertiary alicyclic amines) is 2. The molecule has 0 amide bonds. The van der Waals surface area contributed by atoms with Gasteiger partial charge in [0.1, 0.15) is 0 Å². The second kappa shape index (κ2) is 5.68. The van der Waals surface area contributed by atoms with Crippen molar-refractivity contribution in [3.63, 3.8) is 0 Å². The van der Waals surface area contributed by atoms with E-state index in [4.69, 9.17) is 5.73 Å². The zero-order valence-electron chi connectivity index (χ0n) is 11.7. The van der Waals surface area contributed by atoms with Crippen LogP contribution < -0.4 is 5.73 Å². The van der Waals surface area contributed by atoms with Crippen LogP contribution in [0.1, 0.15) is 33.1 Å². The van der Waals surface area contributed by atoms with Crippen LogP contribution in [0, 0.1) is 11.8 Å². The number of hydrogen-bond acceptors (Lipinski definition) is 3. The average Bonchev–Trinajstić information content (AvgIpc) is 2.29. The Balaban J connectivity index is 1.85. The number of rotatable bonds is 3. The van der Waals surface area contributed by atoms with Gasteiger partial charge >= 0.3 is 0 Å². The van der Waals surface area contributed by atoms with Crippen LogP contribution in [-0.2, 0) is 0 Å². The minimum absolute atomic E-state index is 0.341. The van der Waals surface area contributed by atoms with E-state index in [9.17, 15) is 0 Å². The number of fused-ring (bicyclic) bond motifs is 1. The molecular weight excluding hydrogens is 210 g/mol. The molecule has 3 atom stereocenters. The van der Waals surface area contributed by atoms with E-state index in [0.717, 1.165) is 18.5 Å². The Morgan fingerprint density at radius 2 is 2.00 bits per heavy atom. The Kier molecular flexibility index (Phi) is 4.45. The molecule has 0 aromatic heterocycles. The van der Waals surface area contributed by atoms with E-state index >= 15 is 0 Å². The minimum atomic E-state index is 0.341. The summed E-state index contributed by atoms with van der Waals surface area (Å²) < 4.78 is 0. The third kappa shape index (κ3) is 3.21. The Hall–Kier alpha value is -0.120. The lowest BCUT2D eigenvalue weighted by atomic mass is 9.84. The van der Waals surface area contributed by atoms with E-state index in [0.29, 0.717) is 12.0 Å². The molecule has 2 rings (SSSR count). The SMILES string of the molecule is CC(C)C(N)CN1CCC2C(CCCN2C)C1. The monoisotopic (exact) mass is 239 g/mol. The summed E-state index contributed by atoms with van der Waals surface area (Å²) in [5.74, 6) is 1.49. The highest BCUT2D eigenvalue weighted by Crippen LogP contribution is 2.29. The highest BCUT2D eigenvalue weighted by molar-refractivity contribution is 4.90. The Labute approximate surface area is 106 Å². The van der Waals surface area contributed by atoms with Crippen LogP contribution in [0.3, 0.4) is 0 Å². The van der Waals surface area contributed by atoms with Gasteiger partial charge < -0.3 is 15.5 Å². The topological polar surface area (TPSA) is 32.5 Å². The van der Waals surface area contributed by atoms with E-state index in [1.54, 1.807) is 0 Å². The summed E-state index contributed by atoms with van der Waals surface area (Å²) in [5.41, 5.74) is 6.19. The molecule has 2 heterocycles. The third-order valence-electron chi connectivity index (χ3n) is 4.76. The first-order chi connectivity index (χ1) is 8.08. The molecular formula is C14H29N3. The van der Waals surface area contributed by atoms with Gasteiger partial charge in [-0.05, 0) is 51.2 Å². The van der Waals surface area contributed by atoms with Crippen molar-refractivity contribution in [2.75, 3.05) is 33.2 Å². The van der Waals surface area contributed by atoms with E-state index in [-0.39, 0.29) is 0 Å². The highest BCUT2D eigenvalue weighted by atomic mass is 15.2. The van der Waals surface area contributed by atoms with Gasteiger partial charge in [-0.15, -0.1) is 0 Å². The molecule has 0 bridgehead atoms. The number of piperidine rings is 2. The van der Waals surface area contributed by atoms with Gasteiger partial charge in [0.15, 0.2) is 0 Å². The Morgan fingerprint density at radius 3 is 2.71 bits per heavy atom. The van der Waals surface area contributed by atoms with E-state index in [2.05, 4.69) is 30.7 Å². The maximum Gasteiger partial charge on any atom is 0.0191 e. The van der Waals surface area contributed by atoms with Crippen LogP contribution in [0.2, 0.25) is 0 Å². The number of hydrogen-bond donors (Lipinski definition) is 1. The molecule has 0 saturated carbocycles. The van der Waals surface area contributed by atoms with Gasteiger partial charge in [-0.2, -0.15) is 0 Å². The molecule has 0 radical (unpaired) electrons. The standard InChI is InChI=1S/C14H29N3/c1-11(2)13(15)10-17-8-6-14-12(9-17)5-4-7-16(14)3/h11-14H,4-10,15H2,1-3H3. The second-order valence-electron chi connectivity index (χ2n) is 6.41. The van der Waals surface area contributed by atoms with E-state index < -0.39 is 0 Å². The molecule has 0 aromatic rings. The van der Waals surface area contributed by atoms with Crippen LogP contribution in [-0.4, -0.2) is 55.1 Å². The lowest BCUT2D eigenvalue weighted by Crippen LogP contribution is -2.54. The van der Waals surface area contributed by atoms with Gasteiger partial charge in [-0.25, -0.2) is 0 Å². The smallest absolute Gasteiger partial charge is 0.0191 e. The maximum absolute atomic E-state index is 6.19. The van der Waals surface area contributed by atoms with Gasteiger partial charge in [0.2, 0.25) is 0 Å². The van der Waals surface area contributed by atoms with Gasteiger partial charge in [-0.3, -0.25) is 0 Å². The molecule has 0 aromatic carbocycles. The van der Waals surface area contributed by atoms with Crippen molar-refractivity contribution in [2.24, 2.45) is 17.6 Å². The van der Waals surface area contributed by atoms with E-state index in [1.165, 1.54) is 38.9 Å². The predicted octanol–water partition coefficient (Wildman–Crippen LogP) is 1.39. The maximum atomic E-state index is 6.19. The summed E-state index contributed by atoms with van der Waals surface area (Å²) in [4.78, 5) is 5.18. The normalized spacial score (nSPS) is 33.7. The first-order valence-electron chi connectivity index (χ1n) is 7.26. The second-order valence-corrected chi connectivity index (χ2v) is 6.41. The molecule has 2 aliphatic rings. The molecule has 100 valence electrons. The largest absolute Gasteiger partial charge is 0.326 e. The first-order valence-corrected chi connectivity index (χ1v) is 7.26. The van der Waals surface area contributed by atoms with Crippen molar-refractivity contribution in [3.8, 4) is 0 Å². The summed E-state index contributed by atoms with van der Waals surface area (Å²) in [5, 5.41) is 0. The lowest BCUT2D eigenvalue weighted by molar-refractivity contribution is 0.0347. The highest BCUT2D eigenvalue weighted by Gasteiger charge is 2.34. The quantitative estimate of drug-likeness (QED) is 0.808. The zero-order chi connectivity index (χ0) is 12.4. The first kappa shape index (κ1) is 13.3. The minimum Gasteiger partial charge on any atom is -0.326 e. The van der Waals surface area contributed by atoms with Crippen LogP contribution in [0.15, 0.2) is 0 Å². The van der Waals surface area contributed by atoms with Crippen molar-refractivity contribution < 1.29 is 0 Å². The zero-order valence-corrected chi connectivity index (χ0v) is 11.7. The summed E-state index contributed by atoms with van der Waals surface area (Å²) in [6.07, 6.45) is 4.14. The third-order valence-corrected chi connectivity index (χ3v) is 4.76. The van der Waals surface area contributed by atoms with Crippen LogP contribution >= 0.6 is 0 Å². The fourth-order valence-electron chi connectivity index (χ4n) is 3.40. The lowest BCUT2D eigenvalue weighted by Gasteiger charge is -2.46. The summed E-state index contributed by atoms with van der Waals surface area (Å²) >= 11 is 0. The number of nitrogens with two attached hydrogens (primary N) is 1. The molecule has 0 spiro atoms. The van der Waals surface area contributed by atoms with Crippen molar-refractivity contribution in [3.05, 3.63) is 0 Å². The summed E-state index contributed by atoms with van der Waals surface area (Å²) in [6.45, 7) is 9.36. The fraction of sp³-hybridized carbons (Fsp3) is 1.00. The summed E-state index contributed by atoms with van der Waals surface area (Å²) in [6, 6.07) is 1.18.